The van der Waals surface area contributed by atoms with E-state index >= 15 is 0 Å². The van der Waals surface area contributed by atoms with E-state index < -0.39 is 0 Å². The van der Waals surface area contributed by atoms with Crippen LogP contribution in [0.4, 0.5) is 0 Å². The predicted molar refractivity (Wildman–Crippen MR) is 27.1 cm³/mol. The minimum absolute atomic E-state index is 0. The molecule has 0 nitrogen and oxygen atoms in total. The third-order valence-electron chi connectivity index (χ3n) is 0.0816. The quantitative estimate of drug-likeness (QED) is 0.312. The van der Waals surface area contributed by atoms with E-state index in [1.807, 2.05) is 0 Å². The van der Waals surface area contributed by atoms with Crippen LogP contribution in [-0.2, 0) is 16.5 Å². The summed E-state index contributed by atoms with van der Waals surface area (Å²) in [6.45, 7) is 0. The summed E-state index contributed by atoms with van der Waals surface area (Å²) in [5, 5.41) is 0. The normalized spacial score (nSPS) is 6.00. The van der Waals surface area contributed by atoms with Crippen LogP contribution >= 0.6 is 25.3 Å². The molecule has 36 valence electrons. The summed E-state index contributed by atoms with van der Waals surface area (Å²) >= 11 is 7.51. The van der Waals surface area contributed by atoms with Crippen LogP contribution in [0.15, 0.2) is 0 Å². The van der Waals surface area contributed by atoms with Gasteiger partial charge in [-0.1, -0.05) is 0 Å². The summed E-state index contributed by atoms with van der Waals surface area (Å²) in [6, 6.07) is 0. The molecule has 5 heavy (non-hydrogen) atoms. The summed E-state index contributed by atoms with van der Waals surface area (Å²) in [5.74, 6) is 2.44. The van der Waals surface area contributed by atoms with Crippen LogP contribution in [-0.4, -0.2) is 5.75 Å². The van der Waals surface area contributed by atoms with Crippen molar-refractivity contribution in [1.82, 2.24) is 0 Å². The van der Waals surface area contributed by atoms with Crippen LogP contribution in [0.3, 0.4) is 0 Å². The second kappa shape index (κ2) is 8.96. The average molecular weight is 152 g/mol. The Hall–Kier alpha value is 1.19. The fraction of sp³-hybridized carbons (Fsp3) is 0.500. The van der Waals surface area contributed by atoms with E-state index in [9.17, 15) is 0 Å². The van der Waals surface area contributed by atoms with E-state index in [0.717, 1.165) is 5.75 Å². The fourth-order valence-corrected chi connectivity index (χ4v) is 0. The molecule has 0 aliphatic carbocycles. The smallest absolute Gasteiger partial charge is 0 e. The van der Waals surface area contributed by atoms with Gasteiger partial charge in [0.1, 0.15) is 0 Å². The summed E-state index contributed by atoms with van der Waals surface area (Å²) in [4.78, 5) is 0. The molecule has 0 aromatic rings. The Morgan fingerprint density at radius 2 is 1.80 bits per heavy atom. The van der Waals surface area contributed by atoms with Gasteiger partial charge in [0.15, 0.2) is 0 Å². The maximum Gasteiger partial charge on any atom is 0 e. The minimum atomic E-state index is 0. The van der Waals surface area contributed by atoms with Crippen LogP contribution in [0.25, 0.3) is 0 Å². The van der Waals surface area contributed by atoms with Crippen molar-refractivity contribution >= 4 is 25.3 Å². The number of hydrogen-bond acceptors (Lipinski definition) is 2. The second-order valence-corrected chi connectivity index (χ2v) is 1.10. The van der Waals surface area contributed by atoms with Crippen molar-refractivity contribution in [2.45, 2.75) is 0 Å². The molecule has 0 aliphatic heterocycles. The summed E-state index contributed by atoms with van der Waals surface area (Å²) in [6.07, 6.45) is 0. The molecule has 0 unspecified atom stereocenters. The summed E-state index contributed by atoms with van der Waals surface area (Å²) in [5.41, 5.74) is 0. The van der Waals surface area contributed by atoms with E-state index in [0.29, 0.717) is 0 Å². The topological polar surface area (TPSA) is 0 Å². The fourth-order valence-electron chi connectivity index (χ4n) is 0. The van der Waals surface area contributed by atoms with Gasteiger partial charge in [0.2, 0.25) is 0 Å². The molecule has 0 fully saturated rings. The van der Waals surface area contributed by atoms with Gasteiger partial charge < -0.3 is 12.6 Å². The van der Waals surface area contributed by atoms with Gasteiger partial charge in [-0.05, 0) is 0 Å². The van der Waals surface area contributed by atoms with Gasteiger partial charge >= 0.3 is 0 Å². The molecule has 0 saturated heterocycles. The first-order chi connectivity index (χ1) is 1.91. The first kappa shape index (κ1) is 9.50. The first-order valence-electron chi connectivity index (χ1n) is 0.983. The molecule has 0 atom stereocenters. The number of rotatable bonds is 1. The minimum Gasteiger partial charge on any atom is -0.368 e. The van der Waals surface area contributed by atoms with Crippen molar-refractivity contribution < 1.29 is 16.5 Å². The van der Waals surface area contributed by atoms with Crippen LogP contribution in [0.1, 0.15) is 0 Å². The first-order valence-corrected chi connectivity index (χ1v) is 2.13. The average Bonchev–Trinajstić information content (AvgIpc) is 1.37. The molecule has 0 aromatic heterocycles. The molecule has 0 radical (unpaired) electrons. The van der Waals surface area contributed by atoms with Gasteiger partial charge in [-0.3, -0.25) is 5.75 Å². The van der Waals surface area contributed by atoms with Crippen molar-refractivity contribution in [2.24, 2.45) is 0 Å². The molecule has 0 saturated carbocycles. The van der Waals surface area contributed by atoms with Gasteiger partial charge in [0.25, 0.3) is 0 Å². The Balaban J connectivity index is 0. The zero-order valence-electron chi connectivity index (χ0n) is 2.50. The Kier molecular flexibility index (Phi) is 17.0. The molecular formula is C2H5NiS2-. The maximum absolute atomic E-state index is 3.79. The third-order valence-corrected chi connectivity index (χ3v) is 0.735. The van der Waals surface area contributed by atoms with Crippen molar-refractivity contribution in [3.63, 3.8) is 0 Å². The second-order valence-electron chi connectivity index (χ2n) is 0.365. The van der Waals surface area contributed by atoms with Gasteiger partial charge in [0, 0.05) is 16.5 Å². The Morgan fingerprint density at radius 1 is 1.60 bits per heavy atom. The van der Waals surface area contributed by atoms with Crippen LogP contribution in [0.5, 0.6) is 0 Å². The molecule has 0 heterocycles. The van der Waals surface area contributed by atoms with Crippen molar-refractivity contribution in [3.8, 4) is 0 Å². The van der Waals surface area contributed by atoms with E-state index in [4.69, 9.17) is 0 Å². The number of thiol groups is 2. The maximum atomic E-state index is 3.79. The SMILES string of the molecule is S[CH-]CS.[Ni]. The van der Waals surface area contributed by atoms with Crippen LogP contribution in [0, 0.1) is 5.75 Å². The summed E-state index contributed by atoms with van der Waals surface area (Å²) in [7, 11) is 0. The molecule has 0 rings (SSSR count). The standard InChI is InChI=1S/C2H5S2.Ni/c3-1-2-4;/h1,3-4H,2H2;/q-1;. The Labute approximate surface area is 53.5 Å². The molecule has 0 N–H and O–H groups in total. The molecular weight excluding hydrogens is 147 g/mol. The van der Waals surface area contributed by atoms with Gasteiger partial charge in [-0.25, -0.2) is 12.6 Å². The third kappa shape index (κ3) is 11.0. The summed E-state index contributed by atoms with van der Waals surface area (Å²) < 4.78 is 0. The Morgan fingerprint density at radius 3 is 1.80 bits per heavy atom. The van der Waals surface area contributed by atoms with Gasteiger partial charge in [-0.2, -0.15) is 0 Å². The molecule has 0 aliphatic rings. The molecule has 0 bridgehead atoms. The molecule has 3 heteroatoms. The van der Waals surface area contributed by atoms with Gasteiger partial charge in [-0.15, -0.1) is 5.75 Å². The molecule has 0 spiro atoms. The van der Waals surface area contributed by atoms with Gasteiger partial charge in [0.05, 0.1) is 0 Å². The van der Waals surface area contributed by atoms with E-state index in [2.05, 4.69) is 25.3 Å². The van der Waals surface area contributed by atoms with E-state index in [1.54, 1.807) is 5.75 Å². The predicted octanol–water partition coefficient (Wildman–Crippen LogP) is 1.01. The van der Waals surface area contributed by atoms with E-state index in [-0.39, 0.29) is 16.5 Å². The van der Waals surface area contributed by atoms with E-state index in [1.165, 1.54) is 0 Å². The Bertz CT molecular complexity index is 9.61. The molecule has 0 aromatic carbocycles. The monoisotopic (exact) mass is 151 g/mol. The van der Waals surface area contributed by atoms with Crippen molar-refractivity contribution in [2.75, 3.05) is 5.75 Å². The molecule has 0 amide bonds. The zero-order chi connectivity index (χ0) is 3.41. The van der Waals surface area contributed by atoms with Crippen molar-refractivity contribution in [1.29, 1.82) is 0 Å². The van der Waals surface area contributed by atoms with Crippen LogP contribution < -0.4 is 0 Å². The van der Waals surface area contributed by atoms with Crippen LogP contribution in [0.2, 0.25) is 0 Å². The van der Waals surface area contributed by atoms with Crippen molar-refractivity contribution in [3.05, 3.63) is 5.75 Å². The largest absolute Gasteiger partial charge is 0.368 e. The number of hydrogen-bond donors (Lipinski definition) is 2. The zero-order valence-corrected chi connectivity index (χ0v) is 5.27.